The second kappa shape index (κ2) is 8.32. The molecule has 2 N–H and O–H groups in total. The lowest BCUT2D eigenvalue weighted by Crippen LogP contribution is -2.39. The molecule has 25 heavy (non-hydrogen) atoms. The van der Waals surface area contributed by atoms with E-state index in [1.807, 2.05) is 0 Å². The Morgan fingerprint density at radius 3 is 2.36 bits per heavy atom. The summed E-state index contributed by atoms with van der Waals surface area (Å²) in [4.78, 5) is 24.1. The van der Waals surface area contributed by atoms with Crippen LogP contribution in [-0.4, -0.2) is 18.9 Å². The first kappa shape index (κ1) is 18.5. The summed E-state index contributed by atoms with van der Waals surface area (Å²) >= 11 is 0. The third kappa shape index (κ3) is 4.82. The van der Waals surface area contributed by atoms with Gasteiger partial charge in [0.05, 0.1) is 0 Å². The number of rotatable bonds is 6. The molecule has 0 fully saturated rings. The minimum Gasteiger partial charge on any atom is -0.357 e. The van der Waals surface area contributed by atoms with Crippen LogP contribution in [-0.2, 0) is 16.0 Å². The first-order valence-electron chi connectivity index (χ1n) is 7.61. The fourth-order valence-electron chi connectivity index (χ4n) is 2.32. The highest BCUT2D eigenvalue weighted by molar-refractivity contribution is 5.88. The quantitative estimate of drug-likeness (QED) is 0.842. The topological polar surface area (TPSA) is 58.2 Å². The van der Waals surface area contributed by atoms with E-state index in [-0.39, 0.29) is 18.4 Å². The van der Waals surface area contributed by atoms with Gasteiger partial charge < -0.3 is 10.6 Å². The fraction of sp³-hybridized carbons (Fsp3) is 0.222. The number of hydrogen-bond donors (Lipinski definition) is 2. The van der Waals surface area contributed by atoms with Gasteiger partial charge in [-0.3, -0.25) is 9.59 Å². The summed E-state index contributed by atoms with van der Waals surface area (Å²) in [6.07, 6.45) is 0.0921. The molecule has 4 nitrogen and oxygen atoms in total. The van der Waals surface area contributed by atoms with Crippen molar-refractivity contribution >= 4 is 11.8 Å². The van der Waals surface area contributed by atoms with Crippen LogP contribution in [0.4, 0.5) is 13.2 Å². The summed E-state index contributed by atoms with van der Waals surface area (Å²) in [5, 5.41) is 4.81. The zero-order valence-electron chi connectivity index (χ0n) is 13.5. The molecule has 7 heteroatoms. The molecule has 0 saturated heterocycles. The lowest BCUT2D eigenvalue weighted by atomic mass is 10.0. The molecule has 0 saturated carbocycles. The summed E-state index contributed by atoms with van der Waals surface area (Å²) in [6, 6.07) is 7.84. The van der Waals surface area contributed by atoms with Crippen LogP contribution in [0.2, 0.25) is 0 Å². The van der Waals surface area contributed by atoms with Crippen molar-refractivity contribution in [1.82, 2.24) is 10.6 Å². The number of likely N-dealkylation sites (N-methyl/N-ethyl adjacent to an activating group) is 1. The van der Waals surface area contributed by atoms with E-state index in [1.165, 1.54) is 19.2 Å². The van der Waals surface area contributed by atoms with Crippen molar-refractivity contribution < 1.29 is 22.8 Å². The average molecular weight is 350 g/mol. The van der Waals surface area contributed by atoms with Crippen LogP contribution >= 0.6 is 0 Å². The molecule has 0 aromatic heterocycles. The van der Waals surface area contributed by atoms with E-state index < -0.39 is 35.3 Å². The van der Waals surface area contributed by atoms with Crippen molar-refractivity contribution in [2.24, 2.45) is 0 Å². The Kier molecular flexibility index (Phi) is 6.16. The van der Waals surface area contributed by atoms with Crippen LogP contribution in [0.3, 0.4) is 0 Å². The number of carbonyl (C=O) groups is 2. The number of hydrogen-bond acceptors (Lipinski definition) is 2. The first-order chi connectivity index (χ1) is 11.9. The molecule has 0 spiro atoms. The molecular weight excluding hydrogens is 333 g/mol. The molecule has 0 bridgehead atoms. The molecule has 0 aliphatic heterocycles. The van der Waals surface area contributed by atoms with Crippen LogP contribution in [0.25, 0.3) is 0 Å². The number of nitrogens with one attached hydrogen (secondary N) is 2. The zero-order chi connectivity index (χ0) is 18.4. The van der Waals surface area contributed by atoms with Gasteiger partial charge in [0.1, 0.15) is 11.9 Å². The zero-order valence-corrected chi connectivity index (χ0v) is 13.5. The monoisotopic (exact) mass is 350 g/mol. The van der Waals surface area contributed by atoms with Crippen molar-refractivity contribution in [3.8, 4) is 0 Å². The molecular formula is C18H17F3N2O2. The summed E-state index contributed by atoms with van der Waals surface area (Å²) < 4.78 is 40.0. The Morgan fingerprint density at radius 1 is 1.00 bits per heavy atom. The van der Waals surface area contributed by atoms with E-state index in [4.69, 9.17) is 0 Å². The first-order valence-corrected chi connectivity index (χ1v) is 7.61. The molecule has 2 amide bonds. The van der Waals surface area contributed by atoms with Crippen LogP contribution in [0.15, 0.2) is 42.5 Å². The van der Waals surface area contributed by atoms with E-state index in [1.54, 1.807) is 18.2 Å². The molecule has 2 rings (SSSR count). The maximum absolute atomic E-state index is 13.6. The van der Waals surface area contributed by atoms with E-state index >= 15 is 0 Å². The van der Waals surface area contributed by atoms with Crippen LogP contribution in [0, 0.1) is 17.5 Å². The lowest BCUT2D eigenvalue weighted by molar-refractivity contribution is -0.128. The number of halogens is 3. The third-order valence-electron chi connectivity index (χ3n) is 3.67. The number of aryl methyl sites for hydroxylation is 1. The molecule has 2 aromatic rings. The van der Waals surface area contributed by atoms with E-state index in [0.29, 0.717) is 5.56 Å². The summed E-state index contributed by atoms with van der Waals surface area (Å²) in [5.74, 6) is -3.68. The molecule has 0 aliphatic rings. The van der Waals surface area contributed by atoms with Crippen molar-refractivity contribution in [2.45, 2.75) is 18.9 Å². The molecule has 0 aliphatic carbocycles. The van der Waals surface area contributed by atoms with Gasteiger partial charge in [-0.15, -0.1) is 0 Å². The highest BCUT2D eigenvalue weighted by Crippen LogP contribution is 2.17. The highest BCUT2D eigenvalue weighted by Gasteiger charge is 2.23. The van der Waals surface area contributed by atoms with Gasteiger partial charge >= 0.3 is 0 Å². The Hall–Kier alpha value is -2.83. The van der Waals surface area contributed by atoms with Crippen molar-refractivity contribution in [2.75, 3.05) is 7.05 Å². The van der Waals surface area contributed by atoms with E-state index in [0.717, 1.165) is 12.1 Å². The predicted octanol–water partition coefficient (Wildman–Crippen LogP) is 2.64. The van der Waals surface area contributed by atoms with Crippen molar-refractivity contribution in [1.29, 1.82) is 0 Å². The maximum Gasteiger partial charge on any atom is 0.246 e. The molecule has 0 radical (unpaired) electrons. The van der Waals surface area contributed by atoms with Crippen LogP contribution in [0.1, 0.15) is 23.6 Å². The molecule has 132 valence electrons. The normalized spacial score (nSPS) is 11.7. The summed E-state index contributed by atoms with van der Waals surface area (Å²) in [6.45, 7) is 0. The lowest BCUT2D eigenvalue weighted by Gasteiger charge is -2.18. The highest BCUT2D eigenvalue weighted by atomic mass is 19.2. The number of benzene rings is 2. The van der Waals surface area contributed by atoms with Crippen molar-refractivity contribution in [3.05, 3.63) is 71.0 Å². The van der Waals surface area contributed by atoms with Gasteiger partial charge in [-0.1, -0.05) is 24.3 Å². The van der Waals surface area contributed by atoms with Gasteiger partial charge in [-0.25, -0.2) is 13.2 Å². The number of amides is 2. The average Bonchev–Trinajstić information content (AvgIpc) is 2.61. The van der Waals surface area contributed by atoms with Gasteiger partial charge in [-0.2, -0.15) is 0 Å². The Bertz CT molecular complexity index is 781. The second-order valence-corrected chi connectivity index (χ2v) is 5.38. The molecule has 1 atom stereocenters. The maximum atomic E-state index is 13.6. The molecule has 2 aromatic carbocycles. The Morgan fingerprint density at radius 2 is 1.72 bits per heavy atom. The minimum absolute atomic E-state index is 0.0574. The SMILES string of the molecule is CNC(=O)C(NC(=O)CCc1ccccc1F)c1ccc(F)c(F)c1. The van der Waals surface area contributed by atoms with E-state index in [9.17, 15) is 22.8 Å². The van der Waals surface area contributed by atoms with Gasteiger partial charge in [0.25, 0.3) is 0 Å². The van der Waals surface area contributed by atoms with Gasteiger partial charge in [0.2, 0.25) is 11.8 Å². The Balaban J connectivity index is 2.08. The van der Waals surface area contributed by atoms with Crippen LogP contribution < -0.4 is 10.6 Å². The second-order valence-electron chi connectivity index (χ2n) is 5.38. The third-order valence-corrected chi connectivity index (χ3v) is 3.67. The standard InChI is InChI=1S/C18H17F3N2O2/c1-22-18(25)17(12-6-8-14(20)15(21)10-12)23-16(24)9-7-11-4-2-3-5-13(11)19/h2-6,8,10,17H,7,9H2,1H3,(H,22,25)(H,23,24). The number of carbonyl (C=O) groups excluding carboxylic acids is 2. The summed E-state index contributed by atoms with van der Waals surface area (Å²) in [5.41, 5.74) is 0.486. The molecule has 1 unspecified atom stereocenters. The Labute approximate surface area is 143 Å². The van der Waals surface area contributed by atoms with Crippen molar-refractivity contribution in [3.63, 3.8) is 0 Å². The largest absolute Gasteiger partial charge is 0.357 e. The van der Waals surface area contributed by atoms with E-state index in [2.05, 4.69) is 10.6 Å². The molecule has 0 heterocycles. The summed E-state index contributed by atoms with van der Waals surface area (Å²) in [7, 11) is 1.36. The van der Waals surface area contributed by atoms with Crippen LogP contribution in [0.5, 0.6) is 0 Å². The van der Waals surface area contributed by atoms with Gasteiger partial charge in [0, 0.05) is 13.5 Å². The predicted molar refractivity (Wildman–Crippen MR) is 86.0 cm³/mol. The van der Waals surface area contributed by atoms with Gasteiger partial charge in [0.15, 0.2) is 11.6 Å². The smallest absolute Gasteiger partial charge is 0.246 e. The van der Waals surface area contributed by atoms with Gasteiger partial charge in [-0.05, 0) is 35.7 Å². The fourth-order valence-corrected chi connectivity index (χ4v) is 2.32. The minimum atomic E-state index is -1.17.